The number of halogens is 1. The van der Waals surface area contributed by atoms with E-state index in [0.717, 1.165) is 9.61 Å². The Labute approximate surface area is 108 Å². The molecule has 0 aliphatic heterocycles. The van der Waals surface area contributed by atoms with E-state index in [1.807, 2.05) is 30.3 Å². The molecule has 0 aromatic heterocycles. The van der Waals surface area contributed by atoms with Gasteiger partial charge >= 0.3 is 109 Å². The van der Waals surface area contributed by atoms with Gasteiger partial charge in [0.2, 0.25) is 0 Å². The second kappa shape index (κ2) is 5.64. The molecule has 1 rings (SSSR count). The number of hydrogen-bond acceptors (Lipinski definition) is 2. The molecule has 0 amide bonds. The van der Waals surface area contributed by atoms with Gasteiger partial charge in [-0.1, -0.05) is 0 Å². The predicted molar refractivity (Wildman–Crippen MR) is 82.5 cm³/mol. The summed E-state index contributed by atoms with van der Waals surface area (Å²) in [6, 6.07) is 10.5. The van der Waals surface area contributed by atoms with Crippen molar-refractivity contribution in [3.63, 3.8) is 0 Å². The van der Waals surface area contributed by atoms with E-state index in [4.69, 9.17) is 0 Å². The first-order valence-electron chi connectivity index (χ1n) is 5.26. The Bertz CT molecular complexity index is 423. The summed E-state index contributed by atoms with van der Waals surface area (Å²) in [5.74, 6) is 0.389. The zero-order chi connectivity index (χ0) is 12.2. The Kier molecular flexibility index (Phi) is 5.00. The number of rotatable bonds is 5. The van der Waals surface area contributed by atoms with Crippen LogP contribution in [0.5, 0.6) is 0 Å². The summed E-state index contributed by atoms with van der Waals surface area (Å²) < 4.78 is 24.9. The van der Waals surface area contributed by atoms with Gasteiger partial charge in [0.1, 0.15) is 0 Å². The summed E-state index contributed by atoms with van der Waals surface area (Å²) in [7, 11) is -4.05. The van der Waals surface area contributed by atoms with Crippen LogP contribution in [-0.2, 0) is 7.01 Å². The molecule has 0 N–H and O–H groups in total. The maximum atomic E-state index is 11.9. The Morgan fingerprint density at radius 2 is 1.69 bits per heavy atom. The van der Waals surface area contributed by atoms with Crippen molar-refractivity contribution in [2.75, 3.05) is 5.75 Å². The summed E-state index contributed by atoms with van der Waals surface area (Å²) in [4.78, 5) is 0. The van der Waals surface area contributed by atoms with Crippen LogP contribution in [0.1, 0.15) is 0 Å². The van der Waals surface area contributed by atoms with E-state index in [1.54, 1.807) is 0 Å². The van der Waals surface area contributed by atoms with Gasteiger partial charge in [-0.15, -0.1) is 0 Å². The van der Waals surface area contributed by atoms with Gasteiger partial charge in [0, 0.05) is 0 Å². The second-order valence-corrected chi connectivity index (χ2v) is 19.4. The molecule has 0 spiro atoms. The summed E-state index contributed by atoms with van der Waals surface area (Å²) in [5.41, 5.74) is 0. The molecule has 92 valence electrons. The Morgan fingerprint density at radius 1 is 1.12 bits per heavy atom. The first-order chi connectivity index (χ1) is 7.29. The van der Waals surface area contributed by atoms with Gasteiger partial charge in [-0.25, -0.2) is 0 Å². The van der Waals surface area contributed by atoms with E-state index in [9.17, 15) is 8.42 Å². The van der Waals surface area contributed by atoms with Gasteiger partial charge < -0.3 is 0 Å². The molecule has 0 fully saturated rings. The van der Waals surface area contributed by atoms with Crippen molar-refractivity contribution in [3.05, 3.63) is 33.9 Å². The van der Waals surface area contributed by atoms with Crippen LogP contribution < -0.4 is 0 Å². The van der Waals surface area contributed by atoms with Crippen LogP contribution in [0.15, 0.2) is 30.3 Å². The van der Waals surface area contributed by atoms with Crippen molar-refractivity contribution in [2.24, 2.45) is 0 Å². The average Bonchev–Trinajstić information content (AvgIpc) is 2.15. The molecule has 1 aromatic rings. The van der Waals surface area contributed by atoms with E-state index in [1.165, 1.54) is 0 Å². The number of benzene rings is 1. The monoisotopic (exact) mass is 370 g/mol. The quantitative estimate of drug-likeness (QED) is 0.453. The molecule has 0 radical (unpaired) electrons. The molecule has 16 heavy (non-hydrogen) atoms. The number of hydrogen-bond donors (Lipinski definition) is 0. The summed E-state index contributed by atoms with van der Waals surface area (Å²) in [5, 5.41) is 0. The van der Waals surface area contributed by atoms with Crippen LogP contribution in [0.3, 0.4) is 0 Å². The SMILES string of the molecule is C[Si](C)(C)CCS(=O)(=O)[IH]c1ccccc1. The fraction of sp³-hybridized carbons (Fsp3) is 0.455. The Morgan fingerprint density at radius 3 is 2.19 bits per heavy atom. The molecular weight excluding hydrogens is 351 g/mol. The Balaban J connectivity index is 2.60. The minimum atomic E-state index is -2.80. The fourth-order valence-electron chi connectivity index (χ4n) is 1.10. The zero-order valence-corrected chi connectivity index (χ0v) is 14.1. The van der Waals surface area contributed by atoms with Crippen LogP contribution in [0.25, 0.3) is 0 Å². The molecule has 0 unspecified atom stereocenters. The van der Waals surface area contributed by atoms with Crippen molar-refractivity contribution >= 4 is 34.9 Å². The molecular formula is C11H19IO2SSi. The topological polar surface area (TPSA) is 34.1 Å². The van der Waals surface area contributed by atoms with Gasteiger partial charge in [0.15, 0.2) is 0 Å². The molecule has 0 saturated heterocycles. The van der Waals surface area contributed by atoms with Gasteiger partial charge in [0.05, 0.1) is 0 Å². The van der Waals surface area contributed by atoms with E-state index < -0.39 is 34.9 Å². The molecule has 0 aliphatic rings. The van der Waals surface area contributed by atoms with Crippen LogP contribution >= 0.6 is 19.8 Å². The molecule has 1 aromatic carbocycles. The third kappa shape index (κ3) is 6.00. The standard InChI is InChI=1S/C11H19IO2SSi/c1-16(2,3)10-9-15(13,14)12-11-7-5-4-6-8-11/h4-8,12H,9-10H2,1-3H3. The summed E-state index contributed by atoms with van der Waals surface area (Å²) >= 11 is -1.07. The van der Waals surface area contributed by atoms with Gasteiger partial charge in [0.25, 0.3) is 0 Å². The van der Waals surface area contributed by atoms with Crippen LogP contribution in [0, 0.1) is 3.57 Å². The molecule has 0 saturated carbocycles. The Hall–Kier alpha value is 0.117. The molecule has 0 aliphatic carbocycles. The van der Waals surface area contributed by atoms with Crippen molar-refractivity contribution in [3.8, 4) is 0 Å². The molecule has 0 bridgehead atoms. The summed E-state index contributed by atoms with van der Waals surface area (Å²) in [6.45, 7) is 6.64. The maximum absolute atomic E-state index is 11.9. The molecule has 5 heteroatoms. The third-order valence-corrected chi connectivity index (χ3v) is 11.4. The van der Waals surface area contributed by atoms with E-state index in [2.05, 4.69) is 19.6 Å². The molecule has 0 atom stereocenters. The van der Waals surface area contributed by atoms with Crippen molar-refractivity contribution < 1.29 is 8.42 Å². The van der Waals surface area contributed by atoms with Crippen LogP contribution in [-0.4, -0.2) is 22.2 Å². The fourth-order valence-corrected chi connectivity index (χ4v) is 11.8. The minimum absolute atomic E-state index is 0.389. The molecule has 2 nitrogen and oxygen atoms in total. The van der Waals surface area contributed by atoms with E-state index >= 15 is 0 Å². The van der Waals surface area contributed by atoms with E-state index in [0.29, 0.717) is 5.75 Å². The third-order valence-electron chi connectivity index (χ3n) is 2.07. The van der Waals surface area contributed by atoms with Crippen LogP contribution in [0.4, 0.5) is 0 Å². The van der Waals surface area contributed by atoms with Crippen molar-refractivity contribution in [1.29, 1.82) is 0 Å². The van der Waals surface area contributed by atoms with Crippen LogP contribution in [0.2, 0.25) is 25.7 Å². The van der Waals surface area contributed by atoms with Gasteiger partial charge in [-0.3, -0.25) is 0 Å². The van der Waals surface area contributed by atoms with Crippen molar-refractivity contribution in [2.45, 2.75) is 25.7 Å². The first kappa shape index (κ1) is 14.2. The van der Waals surface area contributed by atoms with E-state index in [-0.39, 0.29) is 0 Å². The second-order valence-electron chi connectivity index (χ2n) is 4.97. The summed E-state index contributed by atoms with van der Waals surface area (Å²) in [6.07, 6.45) is 0. The van der Waals surface area contributed by atoms with Gasteiger partial charge in [-0.2, -0.15) is 0 Å². The normalized spacial score (nSPS) is 12.9. The predicted octanol–water partition coefficient (Wildman–Crippen LogP) is 3.23. The van der Waals surface area contributed by atoms with Crippen molar-refractivity contribution in [1.82, 2.24) is 0 Å². The van der Waals surface area contributed by atoms with Gasteiger partial charge in [-0.05, 0) is 0 Å². The average molecular weight is 370 g/mol. The molecule has 0 heterocycles. The zero-order valence-electron chi connectivity index (χ0n) is 9.93. The first-order valence-corrected chi connectivity index (χ1v) is 14.6.